The van der Waals surface area contributed by atoms with Gasteiger partial charge in [-0.2, -0.15) is 13.2 Å². The van der Waals surface area contributed by atoms with Gasteiger partial charge >= 0.3 is 6.18 Å². The van der Waals surface area contributed by atoms with Crippen molar-refractivity contribution in [3.8, 4) is 0 Å². The van der Waals surface area contributed by atoms with E-state index in [9.17, 15) is 18.0 Å². The van der Waals surface area contributed by atoms with Gasteiger partial charge in [-0.25, -0.2) is 4.98 Å². The maximum absolute atomic E-state index is 12.1. The third-order valence-corrected chi connectivity index (χ3v) is 3.08. The van der Waals surface area contributed by atoms with Crippen LogP contribution in [-0.4, -0.2) is 16.6 Å². The van der Waals surface area contributed by atoms with Crippen LogP contribution in [0.1, 0.15) is 16.6 Å². The van der Waals surface area contributed by atoms with E-state index in [1.807, 2.05) is 0 Å². The lowest BCUT2D eigenvalue weighted by molar-refractivity contribution is -0.137. The fourth-order valence-corrected chi connectivity index (χ4v) is 2.01. The summed E-state index contributed by atoms with van der Waals surface area (Å²) in [7, 11) is 0. The van der Waals surface area contributed by atoms with Crippen LogP contribution < -0.4 is 0 Å². The number of aldehydes is 1. The average molecular weight is 288 g/mol. The first-order chi connectivity index (χ1) is 6.49. The third kappa shape index (κ3) is 2.54. The van der Waals surface area contributed by atoms with Crippen molar-refractivity contribution in [1.29, 1.82) is 0 Å². The number of hydrogen-bond donors (Lipinski definition) is 0. The fourth-order valence-electron chi connectivity index (χ4n) is 0.772. The van der Waals surface area contributed by atoms with Crippen LogP contribution in [0.25, 0.3) is 0 Å². The molecule has 0 saturated carbocycles. The van der Waals surface area contributed by atoms with Crippen LogP contribution in [0.2, 0.25) is 0 Å². The highest BCUT2D eigenvalue weighted by Gasteiger charge is 2.35. The molecule has 0 N–H and O–H groups in total. The number of aromatic nitrogens is 1. The first-order valence-corrected chi connectivity index (χ1v) is 5.53. The van der Waals surface area contributed by atoms with Gasteiger partial charge in [0.25, 0.3) is 0 Å². The molecule has 1 aromatic rings. The molecule has 1 aromatic heterocycles. The Morgan fingerprint density at radius 2 is 2.29 bits per heavy atom. The summed E-state index contributed by atoms with van der Waals surface area (Å²) >= 11 is 3.52. The Morgan fingerprint density at radius 3 is 2.64 bits per heavy atom. The Bertz CT molecular complexity index is 325. The summed E-state index contributed by atoms with van der Waals surface area (Å²) in [6, 6.07) is 0. The zero-order valence-corrected chi connectivity index (χ0v) is 9.12. The molecule has 1 atom stereocenters. The number of thiazole rings is 1. The standard InChI is InChI=1S/C7H5BrF3NOS/c8-1-4(2-13)5-3-14-6(12-5)7(9,10)11/h2-4H,1H2. The lowest BCUT2D eigenvalue weighted by Crippen LogP contribution is -2.07. The topological polar surface area (TPSA) is 30.0 Å². The number of hydrogen-bond acceptors (Lipinski definition) is 3. The molecule has 0 bridgehead atoms. The summed E-state index contributed by atoms with van der Waals surface area (Å²) < 4.78 is 36.4. The van der Waals surface area contributed by atoms with Crippen molar-refractivity contribution in [1.82, 2.24) is 4.98 Å². The molecule has 78 valence electrons. The van der Waals surface area contributed by atoms with E-state index in [1.165, 1.54) is 5.38 Å². The number of carbonyl (C=O) groups is 1. The zero-order valence-electron chi connectivity index (χ0n) is 6.71. The highest BCUT2D eigenvalue weighted by atomic mass is 79.9. The van der Waals surface area contributed by atoms with Gasteiger partial charge in [0.1, 0.15) is 6.29 Å². The maximum atomic E-state index is 12.1. The van der Waals surface area contributed by atoms with Gasteiger partial charge in [0.15, 0.2) is 5.01 Å². The van der Waals surface area contributed by atoms with Crippen LogP contribution in [0.5, 0.6) is 0 Å². The van der Waals surface area contributed by atoms with E-state index < -0.39 is 17.1 Å². The molecule has 0 fully saturated rings. The van der Waals surface area contributed by atoms with E-state index in [0.29, 0.717) is 17.6 Å². The second-order valence-corrected chi connectivity index (χ2v) is 3.98. The minimum absolute atomic E-state index is 0.161. The Balaban J connectivity index is 2.93. The Kier molecular flexibility index (Phi) is 3.65. The molecule has 0 saturated heterocycles. The molecule has 1 rings (SSSR count). The average Bonchev–Trinajstić information content (AvgIpc) is 2.54. The predicted molar refractivity (Wildman–Crippen MR) is 49.7 cm³/mol. The third-order valence-electron chi connectivity index (χ3n) is 1.47. The fraction of sp³-hybridized carbons (Fsp3) is 0.429. The van der Waals surface area contributed by atoms with Crippen molar-refractivity contribution in [2.24, 2.45) is 0 Å². The second-order valence-electron chi connectivity index (χ2n) is 2.47. The van der Waals surface area contributed by atoms with E-state index in [4.69, 9.17) is 0 Å². The number of nitrogens with zero attached hydrogens (tertiary/aromatic N) is 1. The van der Waals surface area contributed by atoms with E-state index >= 15 is 0 Å². The van der Waals surface area contributed by atoms with Crippen LogP contribution >= 0.6 is 27.3 Å². The molecule has 2 nitrogen and oxygen atoms in total. The van der Waals surface area contributed by atoms with Crippen LogP contribution in [0.3, 0.4) is 0 Å². The number of alkyl halides is 4. The Hall–Kier alpha value is -0.430. The van der Waals surface area contributed by atoms with Gasteiger partial charge in [0.2, 0.25) is 0 Å². The molecule has 0 spiro atoms. The number of halogens is 4. The summed E-state index contributed by atoms with van der Waals surface area (Å²) in [6.07, 6.45) is -3.85. The molecule has 1 heterocycles. The molecule has 0 aliphatic heterocycles. The molecular weight excluding hydrogens is 283 g/mol. The number of carbonyl (C=O) groups excluding carboxylic acids is 1. The molecular formula is C7H5BrF3NOS. The summed E-state index contributed by atoms with van der Waals surface area (Å²) in [5.41, 5.74) is 0.161. The maximum Gasteiger partial charge on any atom is 0.443 e. The van der Waals surface area contributed by atoms with Crippen molar-refractivity contribution >= 4 is 33.6 Å². The quantitative estimate of drug-likeness (QED) is 0.632. The first kappa shape index (κ1) is 11.6. The monoisotopic (exact) mass is 287 g/mol. The van der Waals surface area contributed by atoms with Crippen molar-refractivity contribution in [3.63, 3.8) is 0 Å². The molecule has 0 aliphatic rings. The Morgan fingerprint density at radius 1 is 1.64 bits per heavy atom. The largest absolute Gasteiger partial charge is 0.443 e. The van der Waals surface area contributed by atoms with Crippen molar-refractivity contribution in [2.45, 2.75) is 12.1 Å². The van der Waals surface area contributed by atoms with Gasteiger partial charge in [-0.3, -0.25) is 0 Å². The van der Waals surface area contributed by atoms with Crippen LogP contribution in [0, 0.1) is 0 Å². The summed E-state index contributed by atoms with van der Waals surface area (Å²) in [5, 5.41) is 0.612. The molecule has 0 aromatic carbocycles. The first-order valence-electron chi connectivity index (χ1n) is 3.53. The molecule has 14 heavy (non-hydrogen) atoms. The smallest absolute Gasteiger partial charge is 0.303 e. The second kappa shape index (κ2) is 4.39. The molecule has 0 amide bonds. The molecule has 0 radical (unpaired) electrons. The van der Waals surface area contributed by atoms with Gasteiger partial charge in [-0.1, -0.05) is 15.9 Å². The molecule has 0 aliphatic carbocycles. The van der Waals surface area contributed by atoms with E-state index in [-0.39, 0.29) is 11.0 Å². The number of rotatable bonds is 3. The van der Waals surface area contributed by atoms with Gasteiger partial charge in [0, 0.05) is 10.7 Å². The van der Waals surface area contributed by atoms with E-state index in [2.05, 4.69) is 20.9 Å². The summed E-state index contributed by atoms with van der Waals surface area (Å²) in [6.45, 7) is 0. The van der Waals surface area contributed by atoms with Gasteiger partial charge in [0.05, 0.1) is 11.6 Å². The molecule has 7 heteroatoms. The normalized spacial score (nSPS) is 14.0. The highest BCUT2D eigenvalue weighted by Crippen LogP contribution is 2.33. The Labute approximate surface area is 90.3 Å². The van der Waals surface area contributed by atoms with E-state index in [1.54, 1.807) is 0 Å². The lowest BCUT2D eigenvalue weighted by Gasteiger charge is -2.02. The SMILES string of the molecule is O=CC(CBr)c1csc(C(F)(F)F)n1. The van der Waals surface area contributed by atoms with Crippen LogP contribution in [-0.2, 0) is 11.0 Å². The van der Waals surface area contributed by atoms with Gasteiger partial charge in [-0.05, 0) is 0 Å². The minimum atomic E-state index is -4.43. The predicted octanol–water partition coefficient (Wildman–Crippen LogP) is 2.84. The summed E-state index contributed by atoms with van der Waals surface area (Å²) in [5.74, 6) is -0.609. The highest BCUT2D eigenvalue weighted by molar-refractivity contribution is 9.09. The van der Waals surface area contributed by atoms with Crippen molar-refractivity contribution in [2.75, 3.05) is 5.33 Å². The summed E-state index contributed by atoms with van der Waals surface area (Å²) in [4.78, 5) is 13.8. The van der Waals surface area contributed by atoms with Crippen molar-refractivity contribution < 1.29 is 18.0 Å². The lowest BCUT2D eigenvalue weighted by atomic mass is 10.1. The minimum Gasteiger partial charge on any atom is -0.303 e. The molecule has 1 unspecified atom stereocenters. The van der Waals surface area contributed by atoms with Crippen LogP contribution in [0.15, 0.2) is 5.38 Å². The zero-order chi connectivity index (χ0) is 10.8. The van der Waals surface area contributed by atoms with Crippen molar-refractivity contribution in [3.05, 3.63) is 16.1 Å². The van der Waals surface area contributed by atoms with Crippen LogP contribution in [0.4, 0.5) is 13.2 Å². The van der Waals surface area contributed by atoms with Gasteiger partial charge in [-0.15, -0.1) is 11.3 Å². The van der Waals surface area contributed by atoms with E-state index in [0.717, 1.165) is 0 Å². The van der Waals surface area contributed by atoms with Gasteiger partial charge < -0.3 is 4.79 Å².